The number of likely N-dealkylation sites (tertiary alicyclic amines) is 1. The van der Waals surface area contributed by atoms with E-state index in [0.717, 1.165) is 37.9 Å². The summed E-state index contributed by atoms with van der Waals surface area (Å²) >= 11 is 1.64. The molecule has 1 N–H and O–H groups in total. The molecule has 1 aromatic rings. The Morgan fingerprint density at radius 1 is 1.13 bits per heavy atom. The second-order valence-electron chi connectivity index (χ2n) is 9.39. The molecule has 3 amide bonds. The summed E-state index contributed by atoms with van der Waals surface area (Å²) in [5.74, 6) is -0.366. The third-order valence-electron chi connectivity index (χ3n) is 6.44. The monoisotopic (exact) mass is 429 g/mol. The van der Waals surface area contributed by atoms with Crippen molar-refractivity contribution in [2.45, 2.75) is 69.2 Å². The third kappa shape index (κ3) is 3.51. The summed E-state index contributed by atoms with van der Waals surface area (Å²) in [6.45, 7) is 9.44. The van der Waals surface area contributed by atoms with E-state index >= 15 is 0 Å². The summed E-state index contributed by atoms with van der Waals surface area (Å²) in [6, 6.07) is 6.39. The van der Waals surface area contributed by atoms with Gasteiger partial charge in [-0.2, -0.15) is 0 Å². The molecule has 162 valence electrons. The molecule has 2 fully saturated rings. The molecule has 0 radical (unpaired) electrons. The Morgan fingerprint density at radius 2 is 1.80 bits per heavy atom. The maximum Gasteiger partial charge on any atom is 0.256 e. The largest absolute Gasteiger partial charge is 0.342 e. The van der Waals surface area contributed by atoms with Crippen molar-refractivity contribution < 1.29 is 14.4 Å². The molecule has 0 aromatic heterocycles. The minimum Gasteiger partial charge on any atom is -0.342 e. The van der Waals surface area contributed by atoms with Crippen molar-refractivity contribution >= 4 is 29.5 Å². The number of rotatable bonds is 4. The van der Waals surface area contributed by atoms with Crippen LogP contribution < -0.4 is 5.32 Å². The molecule has 1 aromatic carbocycles. The van der Waals surface area contributed by atoms with Gasteiger partial charge in [-0.25, -0.2) is 0 Å². The van der Waals surface area contributed by atoms with Crippen molar-refractivity contribution in [1.29, 1.82) is 0 Å². The molecule has 6 nitrogen and oxygen atoms in total. The summed E-state index contributed by atoms with van der Waals surface area (Å²) < 4.78 is -0.451. The Hall–Kier alpha value is -2.02. The maximum absolute atomic E-state index is 13.5. The fourth-order valence-corrected chi connectivity index (χ4v) is 6.45. The zero-order valence-corrected chi connectivity index (χ0v) is 19.0. The zero-order valence-electron chi connectivity index (χ0n) is 18.2. The van der Waals surface area contributed by atoms with Crippen molar-refractivity contribution in [3.63, 3.8) is 0 Å². The van der Waals surface area contributed by atoms with E-state index in [-0.39, 0.29) is 29.0 Å². The molecule has 0 aliphatic carbocycles. The smallest absolute Gasteiger partial charge is 0.256 e. The number of fused-ring (bicyclic) bond motifs is 3. The van der Waals surface area contributed by atoms with E-state index in [1.165, 1.54) is 0 Å². The van der Waals surface area contributed by atoms with Crippen molar-refractivity contribution in [2.24, 2.45) is 5.92 Å². The van der Waals surface area contributed by atoms with E-state index in [0.29, 0.717) is 5.56 Å². The normalized spacial score (nSPS) is 25.8. The van der Waals surface area contributed by atoms with Crippen LogP contribution in [0.5, 0.6) is 0 Å². The number of nitrogens with one attached hydrogen (secondary N) is 1. The molecule has 30 heavy (non-hydrogen) atoms. The third-order valence-corrected chi connectivity index (χ3v) is 7.98. The molecule has 0 spiro atoms. The SMILES string of the molecule is CC(C)[C@H](NC(=O)[C@H]1N2C(=O)c3ccccc3[C@H]2SC1(C)C)C(=O)N1CCCCC1. The first kappa shape index (κ1) is 21.2. The number of hydrogen-bond donors (Lipinski definition) is 1. The Balaban J connectivity index is 1.57. The molecular weight excluding hydrogens is 398 g/mol. The van der Waals surface area contributed by atoms with Gasteiger partial charge in [0.05, 0.1) is 0 Å². The average molecular weight is 430 g/mol. The van der Waals surface area contributed by atoms with Gasteiger partial charge in [-0.3, -0.25) is 14.4 Å². The van der Waals surface area contributed by atoms with E-state index in [4.69, 9.17) is 0 Å². The predicted molar refractivity (Wildman–Crippen MR) is 118 cm³/mol. The lowest BCUT2D eigenvalue weighted by Gasteiger charge is -2.35. The van der Waals surface area contributed by atoms with Crippen LogP contribution in [0.2, 0.25) is 0 Å². The van der Waals surface area contributed by atoms with Gasteiger partial charge < -0.3 is 15.1 Å². The number of piperidine rings is 1. The molecule has 3 atom stereocenters. The van der Waals surface area contributed by atoms with Crippen molar-refractivity contribution in [3.8, 4) is 0 Å². The average Bonchev–Trinajstić information content (AvgIpc) is 3.15. The summed E-state index contributed by atoms with van der Waals surface area (Å²) in [7, 11) is 0. The molecule has 2 saturated heterocycles. The van der Waals surface area contributed by atoms with Gasteiger partial charge in [0.1, 0.15) is 17.5 Å². The number of nitrogens with zero attached hydrogens (tertiary/aromatic N) is 2. The van der Waals surface area contributed by atoms with Crippen LogP contribution in [0.15, 0.2) is 24.3 Å². The first-order valence-corrected chi connectivity index (χ1v) is 11.8. The van der Waals surface area contributed by atoms with E-state index in [2.05, 4.69) is 5.32 Å². The minimum atomic E-state index is -0.622. The molecule has 4 rings (SSSR count). The highest BCUT2D eigenvalue weighted by molar-refractivity contribution is 8.01. The Morgan fingerprint density at radius 3 is 2.47 bits per heavy atom. The topological polar surface area (TPSA) is 69.7 Å². The van der Waals surface area contributed by atoms with E-state index in [9.17, 15) is 14.4 Å². The van der Waals surface area contributed by atoms with Crippen LogP contribution in [-0.2, 0) is 9.59 Å². The van der Waals surface area contributed by atoms with E-state index in [1.807, 2.05) is 56.9 Å². The number of benzene rings is 1. The fraction of sp³-hybridized carbons (Fsp3) is 0.609. The van der Waals surface area contributed by atoms with E-state index in [1.54, 1.807) is 16.7 Å². The number of hydrogen-bond acceptors (Lipinski definition) is 4. The van der Waals surface area contributed by atoms with Gasteiger partial charge >= 0.3 is 0 Å². The van der Waals surface area contributed by atoms with Crippen LogP contribution in [0.3, 0.4) is 0 Å². The molecule has 3 heterocycles. The highest BCUT2D eigenvalue weighted by atomic mass is 32.2. The van der Waals surface area contributed by atoms with Crippen LogP contribution >= 0.6 is 11.8 Å². The fourth-order valence-electron chi connectivity index (χ4n) is 4.86. The van der Waals surface area contributed by atoms with Gasteiger partial charge in [0.25, 0.3) is 5.91 Å². The van der Waals surface area contributed by atoms with Crippen molar-refractivity contribution in [1.82, 2.24) is 15.1 Å². The highest BCUT2D eigenvalue weighted by Gasteiger charge is 2.57. The molecule has 0 saturated carbocycles. The van der Waals surface area contributed by atoms with Gasteiger partial charge in [0.15, 0.2) is 0 Å². The minimum absolute atomic E-state index is 0.00547. The van der Waals surface area contributed by atoms with Crippen LogP contribution in [0.25, 0.3) is 0 Å². The number of carbonyl (C=O) groups excluding carboxylic acids is 3. The summed E-state index contributed by atoms with van der Waals surface area (Å²) in [6.07, 6.45) is 3.17. The number of carbonyl (C=O) groups is 3. The first-order chi connectivity index (χ1) is 14.2. The first-order valence-electron chi connectivity index (χ1n) is 10.9. The number of thioether (sulfide) groups is 1. The standard InChI is InChI=1S/C23H31N3O3S/c1-14(2)17(21(29)25-12-8-5-9-13-25)24-19(27)18-23(3,4)30-22-16-11-7-6-10-15(16)20(28)26(18)22/h6-7,10-11,14,17-18,22H,5,8-9,12-13H2,1-4H3,(H,24,27)/t17-,18+,22+/m0/s1. The van der Waals surface area contributed by atoms with Gasteiger partial charge in [0, 0.05) is 23.4 Å². The molecule has 3 aliphatic rings. The lowest BCUT2D eigenvalue weighted by molar-refractivity contribution is -0.139. The Bertz CT molecular complexity index is 863. The second kappa shape index (κ2) is 7.91. The van der Waals surface area contributed by atoms with Crippen molar-refractivity contribution in [2.75, 3.05) is 13.1 Å². The second-order valence-corrected chi connectivity index (χ2v) is 11.1. The highest BCUT2D eigenvalue weighted by Crippen LogP contribution is 2.56. The molecule has 7 heteroatoms. The molecule has 0 bridgehead atoms. The maximum atomic E-state index is 13.5. The van der Waals surface area contributed by atoms with E-state index < -0.39 is 16.8 Å². The van der Waals surface area contributed by atoms with Crippen LogP contribution in [0.4, 0.5) is 0 Å². The Kier molecular flexibility index (Phi) is 5.60. The lowest BCUT2D eigenvalue weighted by atomic mass is 9.97. The van der Waals surface area contributed by atoms with Crippen LogP contribution in [0, 0.1) is 5.92 Å². The summed E-state index contributed by atoms with van der Waals surface area (Å²) in [5.41, 5.74) is 1.65. The quantitative estimate of drug-likeness (QED) is 0.798. The van der Waals surface area contributed by atoms with Crippen molar-refractivity contribution in [3.05, 3.63) is 35.4 Å². The molecule has 3 aliphatic heterocycles. The number of amides is 3. The van der Waals surface area contributed by atoms with Crippen LogP contribution in [-0.4, -0.2) is 57.4 Å². The Labute approximate surface area is 182 Å². The van der Waals surface area contributed by atoms with Gasteiger partial charge in [-0.15, -0.1) is 11.8 Å². The zero-order chi connectivity index (χ0) is 21.6. The molecule has 0 unspecified atom stereocenters. The van der Waals surface area contributed by atoms with Gasteiger partial charge in [-0.1, -0.05) is 32.0 Å². The molecular formula is C23H31N3O3S. The lowest BCUT2D eigenvalue weighted by Crippen LogP contribution is -2.59. The summed E-state index contributed by atoms with van der Waals surface area (Å²) in [5, 5.41) is 2.88. The predicted octanol–water partition coefficient (Wildman–Crippen LogP) is 3.19. The summed E-state index contributed by atoms with van der Waals surface area (Å²) in [4.78, 5) is 43.4. The van der Waals surface area contributed by atoms with Gasteiger partial charge in [0.2, 0.25) is 11.8 Å². The van der Waals surface area contributed by atoms with Crippen LogP contribution in [0.1, 0.15) is 68.3 Å². The van der Waals surface area contributed by atoms with Gasteiger partial charge in [-0.05, 0) is 50.7 Å².